The van der Waals surface area contributed by atoms with E-state index in [-0.39, 0.29) is 11.8 Å². The Hall–Kier alpha value is -2.16. The third-order valence-corrected chi connectivity index (χ3v) is 3.67. The van der Waals surface area contributed by atoms with Crippen molar-refractivity contribution in [1.29, 1.82) is 0 Å². The molecule has 0 aliphatic carbocycles. The molecule has 0 bridgehead atoms. The van der Waals surface area contributed by atoms with Gasteiger partial charge in [-0.05, 0) is 26.3 Å². The highest BCUT2D eigenvalue weighted by molar-refractivity contribution is 6.09. The molecule has 0 fully saturated rings. The van der Waals surface area contributed by atoms with Crippen molar-refractivity contribution in [2.45, 2.75) is 33.2 Å². The van der Waals surface area contributed by atoms with Crippen LogP contribution in [0.5, 0.6) is 0 Å². The second-order valence-corrected chi connectivity index (χ2v) is 4.96. The monoisotopic (exact) mass is 269 g/mol. The van der Waals surface area contributed by atoms with Crippen molar-refractivity contribution in [1.82, 2.24) is 4.57 Å². The SMILES string of the molecule is CCC(C=O)n1c(C)cc(C(=O)c2ccccc2)c1C. The predicted octanol–water partition coefficient (Wildman–Crippen LogP) is 3.49. The number of carbonyl (C=O) groups excluding carboxylic acids is 2. The lowest BCUT2D eigenvalue weighted by molar-refractivity contribution is -0.110. The Kier molecular flexibility index (Phi) is 4.18. The fourth-order valence-corrected chi connectivity index (χ4v) is 2.60. The van der Waals surface area contributed by atoms with Crippen LogP contribution in [0, 0.1) is 13.8 Å². The maximum absolute atomic E-state index is 12.5. The van der Waals surface area contributed by atoms with E-state index in [1.54, 1.807) is 0 Å². The zero-order chi connectivity index (χ0) is 14.7. The van der Waals surface area contributed by atoms with Gasteiger partial charge in [-0.15, -0.1) is 0 Å². The normalized spacial score (nSPS) is 12.2. The summed E-state index contributed by atoms with van der Waals surface area (Å²) in [5.41, 5.74) is 3.15. The summed E-state index contributed by atoms with van der Waals surface area (Å²) >= 11 is 0. The van der Waals surface area contributed by atoms with E-state index >= 15 is 0 Å². The van der Waals surface area contributed by atoms with Crippen LogP contribution in [0.25, 0.3) is 0 Å². The molecule has 3 heteroatoms. The summed E-state index contributed by atoms with van der Waals surface area (Å²) in [5.74, 6) is 0.00528. The molecule has 2 aromatic rings. The zero-order valence-corrected chi connectivity index (χ0v) is 12.1. The van der Waals surface area contributed by atoms with E-state index in [1.165, 1.54) is 0 Å². The van der Waals surface area contributed by atoms with Crippen molar-refractivity contribution in [3.05, 3.63) is 58.9 Å². The Labute approximate surface area is 119 Å². The van der Waals surface area contributed by atoms with Crippen LogP contribution in [0.4, 0.5) is 0 Å². The second-order valence-electron chi connectivity index (χ2n) is 4.96. The number of benzene rings is 1. The first-order valence-corrected chi connectivity index (χ1v) is 6.83. The number of aldehydes is 1. The Balaban J connectivity index is 2.47. The van der Waals surface area contributed by atoms with Crippen LogP contribution in [-0.4, -0.2) is 16.6 Å². The minimum Gasteiger partial charge on any atom is -0.338 e. The van der Waals surface area contributed by atoms with Gasteiger partial charge in [0.05, 0.1) is 6.04 Å². The van der Waals surface area contributed by atoms with Crippen molar-refractivity contribution in [2.24, 2.45) is 0 Å². The van der Waals surface area contributed by atoms with Crippen molar-refractivity contribution in [3.8, 4) is 0 Å². The number of aromatic nitrogens is 1. The molecule has 0 aliphatic rings. The molecule has 1 aromatic heterocycles. The number of rotatable bonds is 5. The van der Waals surface area contributed by atoms with Gasteiger partial charge in [-0.2, -0.15) is 0 Å². The number of aryl methyl sites for hydroxylation is 1. The molecule has 3 nitrogen and oxygen atoms in total. The average molecular weight is 269 g/mol. The van der Waals surface area contributed by atoms with Gasteiger partial charge >= 0.3 is 0 Å². The molecule has 0 saturated carbocycles. The van der Waals surface area contributed by atoms with Crippen molar-refractivity contribution < 1.29 is 9.59 Å². The van der Waals surface area contributed by atoms with E-state index in [0.717, 1.165) is 24.1 Å². The highest BCUT2D eigenvalue weighted by atomic mass is 16.1. The van der Waals surface area contributed by atoms with E-state index in [2.05, 4.69) is 0 Å². The van der Waals surface area contributed by atoms with Crippen molar-refractivity contribution in [2.75, 3.05) is 0 Å². The van der Waals surface area contributed by atoms with Gasteiger partial charge in [-0.3, -0.25) is 4.79 Å². The Morgan fingerprint density at radius 3 is 2.45 bits per heavy atom. The number of hydrogen-bond donors (Lipinski definition) is 0. The van der Waals surface area contributed by atoms with Gasteiger partial charge in [-0.1, -0.05) is 37.3 Å². The van der Waals surface area contributed by atoms with Crippen LogP contribution in [0.2, 0.25) is 0 Å². The van der Waals surface area contributed by atoms with E-state index in [1.807, 2.05) is 61.7 Å². The lowest BCUT2D eigenvalue weighted by Gasteiger charge is -2.15. The van der Waals surface area contributed by atoms with E-state index in [0.29, 0.717) is 11.1 Å². The summed E-state index contributed by atoms with van der Waals surface area (Å²) in [6.07, 6.45) is 1.66. The summed E-state index contributed by atoms with van der Waals surface area (Å²) < 4.78 is 1.95. The summed E-state index contributed by atoms with van der Waals surface area (Å²) in [7, 11) is 0. The summed E-state index contributed by atoms with van der Waals surface area (Å²) in [4.78, 5) is 23.7. The lowest BCUT2D eigenvalue weighted by atomic mass is 10.0. The first-order valence-electron chi connectivity index (χ1n) is 6.83. The van der Waals surface area contributed by atoms with Crippen LogP contribution in [0.15, 0.2) is 36.4 Å². The van der Waals surface area contributed by atoms with Gasteiger partial charge in [0, 0.05) is 22.5 Å². The Morgan fingerprint density at radius 2 is 1.90 bits per heavy atom. The molecule has 0 saturated heterocycles. The first kappa shape index (κ1) is 14.3. The number of carbonyl (C=O) groups is 2. The van der Waals surface area contributed by atoms with Gasteiger partial charge in [0.2, 0.25) is 0 Å². The maximum atomic E-state index is 12.5. The third kappa shape index (κ3) is 2.44. The highest BCUT2D eigenvalue weighted by Crippen LogP contribution is 2.23. The third-order valence-electron chi connectivity index (χ3n) is 3.67. The molecular weight excluding hydrogens is 250 g/mol. The van der Waals surface area contributed by atoms with Crippen molar-refractivity contribution >= 4 is 12.1 Å². The summed E-state index contributed by atoms with van der Waals surface area (Å²) in [5, 5.41) is 0. The Morgan fingerprint density at radius 1 is 1.25 bits per heavy atom. The van der Waals surface area contributed by atoms with Crippen LogP contribution in [-0.2, 0) is 4.79 Å². The minimum absolute atomic E-state index is 0.00528. The van der Waals surface area contributed by atoms with Crippen molar-refractivity contribution in [3.63, 3.8) is 0 Å². The van der Waals surface area contributed by atoms with Gasteiger partial charge in [0.15, 0.2) is 5.78 Å². The molecule has 0 radical (unpaired) electrons. The molecule has 104 valence electrons. The quantitative estimate of drug-likeness (QED) is 0.615. The fourth-order valence-electron chi connectivity index (χ4n) is 2.60. The van der Waals surface area contributed by atoms with E-state index in [9.17, 15) is 9.59 Å². The van der Waals surface area contributed by atoms with Gasteiger partial charge in [0.25, 0.3) is 0 Å². The van der Waals surface area contributed by atoms with Gasteiger partial charge < -0.3 is 9.36 Å². The smallest absolute Gasteiger partial charge is 0.194 e. The second kappa shape index (κ2) is 5.87. The lowest BCUT2D eigenvalue weighted by Crippen LogP contribution is -2.13. The largest absolute Gasteiger partial charge is 0.338 e. The summed E-state index contributed by atoms with van der Waals surface area (Å²) in [6.45, 7) is 5.80. The fraction of sp³-hybridized carbons (Fsp3) is 0.294. The van der Waals surface area contributed by atoms with Gasteiger partial charge in [0.1, 0.15) is 6.29 Å². The molecule has 1 aromatic carbocycles. The van der Waals surface area contributed by atoms with Crippen LogP contribution < -0.4 is 0 Å². The van der Waals surface area contributed by atoms with Gasteiger partial charge in [-0.25, -0.2) is 0 Å². The molecular formula is C17H19NO2. The number of ketones is 1. The summed E-state index contributed by atoms with van der Waals surface area (Å²) in [6, 6.07) is 10.9. The molecule has 0 spiro atoms. The number of hydrogen-bond acceptors (Lipinski definition) is 2. The molecule has 1 atom stereocenters. The molecule has 1 unspecified atom stereocenters. The van der Waals surface area contributed by atoms with Crippen LogP contribution in [0.1, 0.15) is 46.7 Å². The zero-order valence-electron chi connectivity index (χ0n) is 12.1. The maximum Gasteiger partial charge on any atom is 0.194 e. The highest BCUT2D eigenvalue weighted by Gasteiger charge is 2.20. The van der Waals surface area contributed by atoms with E-state index in [4.69, 9.17) is 0 Å². The van der Waals surface area contributed by atoms with Crippen LogP contribution in [0.3, 0.4) is 0 Å². The molecule has 20 heavy (non-hydrogen) atoms. The minimum atomic E-state index is -0.202. The standard InChI is InChI=1S/C17H19NO2/c1-4-15(11-19)18-12(2)10-16(13(18)3)17(20)14-8-6-5-7-9-14/h5-11,15H,4H2,1-3H3. The first-order chi connectivity index (χ1) is 9.60. The molecule has 1 heterocycles. The van der Waals surface area contributed by atoms with E-state index < -0.39 is 0 Å². The molecule has 2 rings (SSSR count). The predicted molar refractivity (Wildman–Crippen MR) is 79.2 cm³/mol. The molecule has 0 amide bonds. The average Bonchev–Trinajstić information content (AvgIpc) is 2.77. The molecule has 0 N–H and O–H groups in total. The molecule has 0 aliphatic heterocycles. The number of nitrogens with zero attached hydrogens (tertiary/aromatic N) is 1. The topological polar surface area (TPSA) is 39.1 Å². The van der Waals surface area contributed by atoms with Crippen LogP contribution >= 0.6 is 0 Å². The Bertz CT molecular complexity index is 626.